The van der Waals surface area contributed by atoms with E-state index in [1.165, 1.54) is 6.08 Å². The van der Waals surface area contributed by atoms with Gasteiger partial charge in [0.1, 0.15) is 12.6 Å². The standard InChI is InChI=1S/C13H14N2O4S/c1-11-2-4-12(5-3-11)6-9-20(17,18)15-10-13(16)19-8-7-14/h2-6,9,15H,8,10H2,1H3/b9-6+. The first kappa shape index (κ1) is 15.9. The van der Waals surface area contributed by atoms with Crippen LogP contribution in [0.3, 0.4) is 0 Å². The van der Waals surface area contributed by atoms with Crippen molar-refractivity contribution >= 4 is 22.1 Å². The molecule has 0 aromatic heterocycles. The fourth-order valence-electron chi connectivity index (χ4n) is 1.22. The molecule has 1 aromatic carbocycles. The molecule has 0 heterocycles. The Kier molecular flexibility index (Phi) is 5.90. The van der Waals surface area contributed by atoms with E-state index in [1.54, 1.807) is 18.2 Å². The van der Waals surface area contributed by atoms with Crippen molar-refractivity contribution in [3.05, 3.63) is 40.8 Å². The van der Waals surface area contributed by atoms with Crippen LogP contribution >= 0.6 is 0 Å². The monoisotopic (exact) mass is 294 g/mol. The minimum atomic E-state index is -3.72. The molecule has 1 rings (SSSR count). The molecule has 0 saturated carbocycles. The number of sulfonamides is 1. The fourth-order valence-corrected chi connectivity index (χ4v) is 1.97. The van der Waals surface area contributed by atoms with Crippen LogP contribution in [0.1, 0.15) is 11.1 Å². The lowest BCUT2D eigenvalue weighted by Crippen LogP contribution is -2.29. The predicted molar refractivity (Wildman–Crippen MR) is 73.7 cm³/mol. The van der Waals surface area contributed by atoms with Gasteiger partial charge in [-0.15, -0.1) is 0 Å². The summed E-state index contributed by atoms with van der Waals surface area (Å²) >= 11 is 0. The second kappa shape index (κ2) is 7.43. The van der Waals surface area contributed by atoms with E-state index in [-0.39, 0.29) is 0 Å². The van der Waals surface area contributed by atoms with Crippen molar-refractivity contribution in [1.29, 1.82) is 5.26 Å². The highest BCUT2D eigenvalue weighted by Crippen LogP contribution is 2.05. The second-order valence-electron chi connectivity index (χ2n) is 3.90. The number of hydrogen-bond acceptors (Lipinski definition) is 5. The van der Waals surface area contributed by atoms with Crippen LogP contribution in [0.15, 0.2) is 29.7 Å². The molecule has 1 aromatic rings. The lowest BCUT2D eigenvalue weighted by molar-refractivity contribution is -0.140. The highest BCUT2D eigenvalue weighted by atomic mass is 32.2. The molecule has 0 unspecified atom stereocenters. The third kappa shape index (κ3) is 6.13. The van der Waals surface area contributed by atoms with E-state index < -0.39 is 29.1 Å². The zero-order chi connectivity index (χ0) is 15.0. The summed E-state index contributed by atoms with van der Waals surface area (Å²) < 4.78 is 29.6. The van der Waals surface area contributed by atoms with Gasteiger partial charge in [0.05, 0.1) is 0 Å². The number of nitrogens with zero attached hydrogens (tertiary/aromatic N) is 1. The molecule has 0 fully saturated rings. The van der Waals surface area contributed by atoms with Gasteiger partial charge in [0, 0.05) is 5.41 Å². The van der Waals surface area contributed by atoms with Crippen LogP contribution in [0.2, 0.25) is 0 Å². The number of benzene rings is 1. The van der Waals surface area contributed by atoms with Gasteiger partial charge in [-0.1, -0.05) is 29.8 Å². The van der Waals surface area contributed by atoms with E-state index in [0.717, 1.165) is 16.5 Å². The Labute approximate surface area is 117 Å². The zero-order valence-corrected chi connectivity index (χ0v) is 11.7. The first-order valence-electron chi connectivity index (χ1n) is 5.70. The number of rotatable bonds is 6. The van der Waals surface area contributed by atoms with Crippen molar-refractivity contribution in [1.82, 2.24) is 4.72 Å². The van der Waals surface area contributed by atoms with Crippen LogP contribution in [0.5, 0.6) is 0 Å². The summed E-state index contributed by atoms with van der Waals surface area (Å²) in [5.74, 6) is -0.807. The van der Waals surface area contributed by atoms with Gasteiger partial charge in [0.25, 0.3) is 0 Å². The predicted octanol–water partition coefficient (Wildman–Crippen LogP) is 0.952. The van der Waals surface area contributed by atoms with Crippen LogP contribution in [-0.2, 0) is 19.6 Å². The van der Waals surface area contributed by atoms with Gasteiger partial charge < -0.3 is 4.74 Å². The maximum atomic E-state index is 11.6. The number of nitriles is 1. The first-order chi connectivity index (χ1) is 9.43. The SMILES string of the molecule is Cc1ccc(/C=C/S(=O)(=O)NCC(=O)OCC#N)cc1. The number of hydrogen-bond donors (Lipinski definition) is 1. The normalized spacial score (nSPS) is 11.2. The molecule has 0 atom stereocenters. The van der Waals surface area contributed by atoms with Crippen LogP contribution in [0.25, 0.3) is 6.08 Å². The van der Waals surface area contributed by atoms with E-state index in [1.807, 2.05) is 19.1 Å². The summed E-state index contributed by atoms with van der Waals surface area (Å²) in [6.07, 6.45) is 1.42. The Balaban J connectivity index is 2.55. The van der Waals surface area contributed by atoms with Crippen molar-refractivity contribution in [2.24, 2.45) is 0 Å². The van der Waals surface area contributed by atoms with Crippen molar-refractivity contribution in [2.75, 3.05) is 13.2 Å². The molecule has 20 heavy (non-hydrogen) atoms. The van der Waals surface area contributed by atoms with Crippen LogP contribution in [0.4, 0.5) is 0 Å². The number of ether oxygens (including phenoxy) is 1. The number of aryl methyl sites for hydroxylation is 1. The van der Waals surface area contributed by atoms with Gasteiger partial charge in [0.2, 0.25) is 10.0 Å². The summed E-state index contributed by atoms with van der Waals surface area (Å²) in [6.45, 7) is 1.01. The summed E-state index contributed by atoms with van der Waals surface area (Å²) in [4.78, 5) is 11.0. The second-order valence-corrected chi connectivity index (χ2v) is 5.55. The molecule has 7 heteroatoms. The van der Waals surface area contributed by atoms with Crippen molar-refractivity contribution in [3.8, 4) is 6.07 Å². The summed E-state index contributed by atoms with van der Waals surface area (Å²) in [7, 11) is -3.72. The molecule has 0 aliphatic carbocycles. The molecule has 1 N–H and O–H groups in total. The van der Waals surface area contributed by atoms with Crippen LogP contribution < -0.4 is 4.72 Å². The maximum Gasteiger partial charge on any atom is 0.322 e. The smallest absolute Gasteiger partial charge is 0.322 e. The van der Waals surface area contributed by atoms with Crippen LogP contribution in [0, 0.1) is 18.3 Å². The van der Waals surface area contributed by atoms with E-state index in [2.05, 4.69) is 9.46 Å². The van der Waals surface area contributed by atoms with Gasteiger partial charge >= 0.3 is 5.97 Å². The molecule has 0 bridgehead atoms. The molecular formula is C13H14N2O4S. The minimum absolute atomic E-state index is 0.403. The van der Waals surface area contributed by atoms with Gasteiger partial charge in [-0.05, 0) is 18.6 Å². The maximum absolute atomic E-state index is 11.6. The molecule has 6 nitrogen and oxygen atoms in total. The lowest BCUT2D eigenvalue weighted by Gasteiger charge is -2.02. The topological polar surface area (TPSA) is 96.3 Å². The quantitative estimate of drug-likeness (QED) is 0.788. The molecule has 106 valence electrons. The number of carbonyl (C=O) groups is 1. The molecule has 0 aliphatic heterocycles. The Hall–Kier alpha value is -2.17. The number of nitrogens with one attached hydrogen (secondary N) is 1. The average molecular weight is 294 g/mol. The number of carbonyl (C=O) groups excluding carboxylic acids is 1. The number of esters is 1. The summed E-state index contributed by atoms with van der Waals surface area (Å²) in [6, 6.07) is 8.89. The Bertz CT molecular complexity index is 627. The molecular weight excluding hydrogens is 280 g/mol. The Morgan fingerprint density at radius 3 is 2.65 bits per heavy atom. The van der Waals surface area contributed by atoms with Gasteiger partial charge in [0.15, 0.2) is 6.61 Å². The van der Waals surface area contributed by atoms with Crippen molar-refractivity contribution in [3.63, 3.8) is 0 Å². The van der Waals surface area contributed by atoms with E-state index in [9.17, 15) is 13.2 Å². The van der Waals surface area contributed by atoms with E-state index in [4.69, 9.17) is 5.26 Å². The lowest BCUT2D eigenvalue weighted by atomic mass is 10.2. The van der Waals surface area contributed by atoms with Gasteiger partial charge in [-0.2, -0.15) is 5.26 Å². The van der Waals surface area contributed by atoms with Gasteiger partial charge in [-0.3, -0.25) is 4.79 Å². The average Bonchev–Trinajstić information content (AvgIpc) is 2.42. The van der Waals surface area contributed by atoms with E-state index in [0.29, 0.717) is 0 Å². The largest absolute Gasteiger partial charge is 0.449 e. The third-order valence-corrected chi connectivity index (χ3v) is 3.27. The molecule has 0 radical (unpaired) electrons. The first-order valence-corrected chi connectivity index (χ1v) is 7.24. The summed E-state index contributed by atoms with van der Waals surface area (Å²) in [5.41, 5.74) is 1.80. The van der Waals surface area contributed by atoms with Crippen molar-refractivity contribution < 1.29 is 17.9 Å². The third-order valence-electron chi connectivity index (χ3n) is 2.23. The highest BCUT2D eigenvalue weighted by Gasteiger charge is 2.09. The molecule has 0 saturated heterocycles. The minimum Gasteiger partial charge on any atom is -0.449 e. The van der Waals surface area contributed by atoms with Crippen LogP contribution in [-0.4, -0.2) is 27.5 Å². The Morgan fingerprint density at radius 2 is 2.05 bits per heavy atom. The molecule has 0 amide bonds. The van der Waals surface area contributed by atoms with E-state index >= 15 is 0 Å². The van der Waals surface area contributed by atoms with Gasteiger partial charge in [-0.25, -0.2) is 13.1 Å². The molecule has 0 aliphatic rings. The molecule has 0 spiro atoms. The fraction of sp³-hybridized carbons (Fsp3) is 0.231. The summed E-state index contributed by atoms with van der Waals surface area (Å²) in [5, 5.41) is 9.16. The Morgan fingerprint density at radius 1 is 1.40 bits per heavy atom. The zero-order valence-electron chi connectivity index (χ0n) is 10.9. The highest BCUT2D eigenvalue weighted by molar-refractivity contribution is 7.92. The van der Waals surface area contributed by atoms with Crippen molar-refractivity contribution in [2.45, 2.75) is 6.92 Å².